The second-order valence-electron chi connectivity index (χ2n) is 5.57. The summed E-state index contributed by atoms with van der Waals surface area (Å²) in [4.78, 5) is 24.0. The standard InChI is InChI=1S/C19H19NO5/c1-2-13-6-5-7-14(10-13)20-18(21)12-24-19(22)17-11-23-15-8-3-4-9-16(15)25-17/h3-10,17H,2,11-12H2,1H3,(H,20,21)/t17-/m1/s1. The molecule has 0 radical (unpaired) electrons. The molecule has 0 unspecified atom stereocenters. The van der Waals surface area contributed by atoms with E-state index in [4.69, 9.17) is 14.2 Å². The Morgan fingerprint density at radius 3 is 2.76 bits per heavy atom. The number of carbonyl (C=O) groups excluding carboxylic acids is 2. The molecule has 1 aliphatic heterocycles. The van der Waals surface area contributed by atoms with Crippen molar-refractivity contribution in [3.63, 3.8) is 0 Å². The maximum Gasteiger partial charge on any atom is 0.351 e. The quantitative estimate of drug-likeness (QED) is 0.846. The number of para-hydroxylation sites is 2. The highest BCUT2D eigenvalue weighted by molar-refractivity contribution is 5.93. The summed E-state index contributed by atoms with van der Waals surface area (Å²) < 4.78 is 16.0. The highest BCUT2D eigenvalue weighted by Crippen LogP contribution is 2.31. The fourth-order valence-corrected chi connectivity index (χ4v) is 2.43. The number of carbonyl (C=O) groups is 2. The van der Waals surface area contributed by atoms with Crippen LogP contribution in [0.25, 0.3) is 0 Å². The van der Waals surface area contributed by atoms with E-state index in [2.05, 4.69) is 5.32 Å². The Morgan fingerprint density at radius 1 is 1.16 bits per heavy atom. The molecule has 0 saturated carbocycles. The number of hydrogen-bond donors (Lipinski definition) is 1. The summed E-state index contributed by atoms with van der Waals surface area (Å²) in [7, 11) is 0. The number of esters is 1. The number of rotatable bonds is 5. The molecule has 2 aromatic rings. The Hall–Kier alpha value is -3.02. The van der Waals surface area contributed by atoms with Gasteiger partial charge in [-0.1, -0.05) is 31.2 Å². The normalized spacial score (nSPS) is 15.3. The SMILES string of the molecule is CCc1cccc(NC(=O)COC(=O)[C@H]2COc3ccccc3O2)c1. The molecule has 1 N–H and O–H groups in total. The number of amides is 1. The van der Waals surface area contributed by atoms with Crippen molar-refractivity contribution < 1.29 is 23.8 Å². The van der Waals surface area contributed by atoms with Crippen molar-refractivity contribution in [1.29, 1.82) is 0 Å². The van der Waals surface area contributed by atoms with Gasteiger partial charge in [0, 0.05) is 5.69 Å². The van der Waals surface area contributed by atoms with Gasteiger partial charge in [0.05, 0.1) is 0 Å². The zero-order chi connectivity index (χ0) is 17.6. The van der Waals surface area contributed by atoms with Crippen molar-refractivity contribution >= 4 is 17.6 Å². The lowest BCUT2D eigenvalue weighted by Crippen LogP contribution is -2.39. The minimum absolute atomic E-state index is 0.0516. The summed E-state index contributed by atoms with van der Waals surface area (Å²) >= 11 is 0. The zero-order valence-electron chi connectivity index (χ0n) is 13.9. The molecule has 25 heavy (non-hydrogen) atoms. The van der Waals surface area contributed by atoms with Crippen LogP contribution in [0.5, 0.6) is 11.5 Å². The number of anilines is 1. The van der Waals surface area contributed by atoms with Crippen molar-refractivity contribution in [3.8, 4) is 11.5 Å². The van der Waals surface area contributed by atoms with E-state index in [0.717, 1.165) is 12.0 Å². The van der Waals surface area contributed by atoms with E-state index in [9.17, 15) is 9.59 Å². The molecule has 0 spiro atoms. The number of aryl methyl sites for hydroxylation is 1. The summed E-state index contributed by atoms with van der Waals surface area (Å²) in [6, 6.07) is 14.6. The van der Waals surface area contributed by atoms with E-state index in [1.165, 1.54) is 0 Å². The molecule has 130 valence electrons. The molecule has 0 aliphatic carbocycles. The van der Waals surface area contributed by atoms with Crippen LogP contribution < -0.4 is 14.8 Å². The number of hydrogen-bond acceptors (Lipinski definition) is 5. The van der Waals surface area contributed by atoms with Gasteiger partial charge in [0.25, 0.3) is 5.91 Å². The number of benzene rings is 2. The predicted octanol–water partition coefficient (Wildman–Crippen LogP) is 2.57. The van der Waals surface area contributed by atoms with Crippen LogP contribution in [0.1, 0.15) is 12.5 Å². The molecule has 3 rings (SSSR count). The van der Waals surface area contributed by atoms with Gasteiger partial charge in [0.1, 0.15) is 6.61 Å². The van der Waals surface area contributed by atoms with Gasteiger partial charge >= 0.3 is 5.97 Å². The molecule has 6 heteroatoms. The maximum atomic E-state index is 12.1. The molecule has 1 aliphatic rings. The van der Waals surface area contributed by atoms with E-state index in [1.54, 1.807) is 24.3 Å². The molecule has 1 amide bonds. The van der Waals surface area contributed by atoms with E-state index in [1.807, 2.05) is 31.2 Å². The molecule has 0 fully saturated rings. The van der Waals surface area contributed by atoms with Crippen LogP contribution in [0, 0.1) is 0 Å². The molecule has 6 nitrogen and oxygen atoms in total. The summed E-state index contributed by atoms with van der Waals surface area (Å²) in [5.74, 6) is 0.0299. The fraction of sp³-hybridized carbons (Fsp3) is 0.263. The van der Waals surface area contributed by atoms with Crippen LogP contribution in [0.15, 0.2) is 48.5 Å². The van der Waals surface area contributed by atoms with E-state index in [-0.39, 0.29) is 13.2 Å². The van der Waals surface area contributed by atoms with Gasteiger partial charge in [-0.25, -0.2) is 4.79 Å². The Kier molecular flexibility index (Phi) is 5.18. The maximum absolute atomic E-state index is 12.1. The lowest BCUT2D eigenvalue weighted by molar-refractivity contribution is -0.156. The Labute approximate surface area is 145 Å². The first-order valence-electron chi connectivity index (χ1n) is 8.09. The third kappa shape index (κ3) is 4.29. The first-order chi connectivity index (χ1) is 12.2. The summed E-state index contributed by atoms with van der Waals surface area (Å²) in [6.45, 7) is 1.71. The molecule has 0 saturated heterocycles. The Bertz CT molecular complexity index is 774. The molecular formula is C19H19NO5. The van der Waals surface area contributed by atoms with Crippen molar-refractivity contribution in [2.75, 3.05) is 18.5 Å². The minimum atomic E-state index is -0.883. The Morgan fingerprint density at radius 2 is 1.96 bits per heavy atom. The molecule has 1 heterocycles. The second-order valence-corrected chi connectivity index (χ2v) is 5.57. The smallest absolute Gasteiger partial charge is 0.351 e. The average Bonchev–Trinajstić information content (AvgIpc) is 2.65. The first-order valence-corrected chi connectivity index (χ1v) is 8.09. The van der Waals surface area contributed by atoms with Crippen molar-refractivity contribution in [2.24, 2.45) is 0 Å². The average molecular weight is 341 g/mol. The van der Waals surface area contributed by atoms with Crippen LogP contribution in [0.2, 0.25) is 0 Å². The predicted molar refractivity (Wildman–Crippen MR) is 91.8 cm³/mol. The fourth-order valence-electron chi connectivity index (χ4n) is 2.43. The monoisotopic (exact) mass is 341 g/mol. The lowest BCUT2D eigenvalue weighted by atomic mass is 10.1. The van der Waals surface area contributed by atoms with Gasteiger partial charge < -0.3 is 19.5 Å². The van der Waals surface area contributed by atoms with Gasteiger partial charge in [-0.2, -0.15) is 0 Å². The van der Waals surface area contributed by atoms with Crippen molar-refractivity contribution in [1.82, 2.24) is 0 Å². The summed E-state index contributed by atoms with van der Waals surface area (Å²) in [6.07, 6.45) is -0.00903. The Balaban J connectivity index is 1.50. The molecular weight excluding hydrogens is 322 g/mol. The van der Waals surface area contributed by atoms with Crippen LogP contribution >= 0.6 is 0 Å². The molecule has 0 bridgehead atoms. The van der Waals surface area contributed by atoms with Crippen LogP contribution in [-0.2, 0) is 20.7 Å². The minimum Gasteiger partial charge on any atom is -0.485 e. The highest BCUT2D eigenvalue weighted by atomic mass is 16.6. The largest absolute Gasteiger partial charge is 0.485 e. The van der Waals surface area contributed by atoms with Crippen LogP contribution in [-0.4, -0.2) is 31.2 Å². The lowest BCUT2D eigenvalue weighted by Gasteiger charge is -2.24. The molecule has 0 aromatic heterocycles. The molecule has 1 atom stereocenters. The van der Waals surface area contributed by atoms with Crippen LogP contribution in [0.4, 0.5) is 5.69 Å². The van der Waals surface area contributed by atoms with Gasteiger partial charge in [-0.15, -0.1) is 0 Å². The number of fused-ring (bicyclic) bond motifs is 1. The third-order valence-corrected chi connectivity index (χ3v) is 3.74. The van der Waals surface area contributed by atoms with E-state index in [0.29, 0.717) is 17.2 Å². The third-order valence-electron chi connectivity index (χ3n) is 3.74. The summed E-state index contributed by atoms with van der Waals surface area (Å²) in [5, 5.41) is 2.70. The second kappa shape index (κ2) is 7.70. The topological polar surface area (TPSA) is 73.9 Å². The summed E-state index contributed by atoms with van der Waals surface area (Å²) in [5.41, 5.74) is 1.78. The van der Waals surface area contributed by atoms with Crippen molar-refractivity contribution in [3.05, 3.63) is 54.1 Å². The number of ether oxygens (including phenoxy) is 3. The van der Waals surface area contributed by atoms with Gasteiger partial charge in [0.2, 0.25) is 6.10 Å². The highest BCUT2D eigenvalue weighted by Gasteiger charge is 2.29. The van der Waals surface area contributed by atoms with Gasteiger partial charge in [0.15, 0.2) is 18.1 Å². The first kappa shape index (κ1) is 16.8. The van der Waals surface area contributed by atoms with Crippen molar-refractivity contribution in [2.45, 2.75) is 19.4 Å². The van der Waals surface area contributed by atoms with Gasteiger partial charge in [-0.05, 0) is 36.2 Å². The zero-order valence-corrected chi connectivity index (χ0v) is 13.9. The molecule has 2 aromatic carbocycles. The number of nitrogens with one attached hydrogen (secondary N) is 1. The van der Waals surface area contributed by atoms with E-state index >= 15 is 0 Å². The van der Waals surface area contributed by atoms with E-state index < -0.39 is 18.0 Å². The van der Waals surface area contributed by atoms with Gasteiger partial charge in [-0.3, -0.25) is 4.79 Å². The van der Waals surface area contributed by atoms with Crippen LogP contribution in [0.3, 0.4) is 0 Å².